The molecule has 0 radical (unpaired) electrons. The Morgan fingerprint density at radius 1 is 1.62 bits per heavy atom. The number of aromatic nitrogens is 1. The summed E-state index contributed by atoms with van der Waals surface area (Å²) in [5.41, 5.74) is 0.965. The van der Waals surface area contributed by atoms with Gasteiger partial charge in [-0.1, -0.05) is 5.16 Å². The van der Waals surface area contributed by atoms with Crippen molar-refractivity contribution in [2.45, 2.75) is 13.5 Å². The van der Waals surface area contributed by atoms with Gasteiger partial charge in [0, 0.05) is 6.07 Å². The summed E-state index contributed by atoms with van der Waals surface area (Å²) >= 11 is 5.66. The summed E-state index contributed by atoms with van der Waals surface area (Å²) < 4.78 is 9.68. The van der Waals surface area contributed by atoms with Gasteiger partial charge >= 0.3 is 0 Å². The minimum Gasteiger partial charge on any atom is -0.452 e. The van der Waals surface area contributed by atoms with E-state index in [9.17, 15) is 4.79 Å². The molecule has 2 aromatic rings. The summed E-state index contributed by atoms with van der Waals surface area (Å²) in [7, 11) is 0. The maximum Gasteiger partial charge on any atom is 0.256 e. The van der Waals surface area contributed by atoms with E-state index < -0.39 is 0 Å². The van der Waals surface area contributed by atoms with Crippen molar-refractivity contribution < 1.29 is 13.7 Å². The van der Waals surface area contributed by atoms with Crippen LogP contribution < -0.4 is 5.32 Å². The van der Waals surface area contributed by atoms with E-state index in [1.165, 1.54) is 12.3 Å². The Labute approximate surface area is 96.4 Å². The van der Waals surface area contributed by atoms with E-state index in [4.69, 9.17) is 20.5 Å². The first-order chi connectivity index (χ1) is 7.66. The third kappa shape index (κ3) is 2.25. The van der Waals surface area contributed by atoms with E-state index in [0.717, 1.165) is 0 Å². The molecule has 0 aromatic carbocycles. The Bertz CT molecular complexity index is 504. The second-order valence-electron chi connectivity index (χ2n) is 3.22. The van der Waals surface area contributed by atoms with Crippen LogP contribution in [0.25, 0.3) is 0 Å². The highest BCUT2D eigenvalue weighted by Crippen LogP contribution is 2.16. The maximum absolute atomic E-state index is 11.6. The molecule has 0 atom stereocenters. The molecule has 0 unspecified atom stereocenters. The monoisotopic (exact) mass is 240 g/mol. The molecule has 2 aromatic heterocycles. The topological polar surface area (TPSA) is 68.3 Å². The lowest BCUT2D eigenvalue weighted by molar-refractivity contribution is 0.0949. The molecule has 0 aliphatic rings. The van der Waals surface area contributed by atoms with Gasteiger partial charge in [0.25, 0.3) is 5.91 Å². The maximum atomic E-state index is 11.6. The van der Waals surface area contributed by atoms with Gasteiger partial charge < -0.3 is 14.3 Å². The van der Waals surface area contributed by atoms with Gasteiger partial charge in [-0.15, -0.1) is 0 Å². The number of rotatable bonds is 3. The van der Waals surface area contributed by atoms with Crippen molar-refractivity contribution in [2.24, 2.45) is 0 Å². The minimum atomic E-state index is -0.306. The molecule has 0 spiro atoms. The van der Waals surface area contributed by atoms with Crippen LogP contribution in [0.3, 0.4) is 0 Å². The molecular formula is C10H9ClN2O3. The first-order valence-electron chi connectivity index (χ1n) is 4.60. The zero-order valence-electron chi connectivity index (χ0n) is 8.49. The largest absolute Gasteiger partial charge is 0.452 e. The van der Waals surface area contributed by atoms with Crippen molar-refractivity contribution in [3.63, 3.8) is 0 Å². The molecule has 2 rings (SSSR count). The van der Waals surface area contributed by atoms with Crippen molar-refractivity contribution in [3.05, 3.63) is 40.6 Å². The zero-order chi connectivity index (χ0) is 11.5. The van der Waals surface area contributed by atoms with E-state index in [1.807, 2.05) is 0 Å². The van der Waals surface area contributed by atoms with Crippen molar-refractivity contribution >= 4 is 17.5 Å². The average Bonchev–Trinajstić information content (AvgIpc) is 2.84. The number of nitrogens with zero attached hydrogens (tertiary/aromatic N) is 1. The van der Waals surface area contributed by atoms with Crippen molar-refractivity contribution in [3.8, 4) is 0 Å². The molecule has 5 nitrogen and oxygen atoms in total. The van der Waals surface area contributed by atoms with Crippen molar-refractivity contribution in [2.75, 3.05) is 0 Å². The van der Waals surface area contributed by atoms with Crippen LogP contribution in [0.15, 0.2) is 27.3 Å². The minimum absolute atomic E-state index is 0.0776. The predicted molar refractivity (Wildman–Crippen MR) is 56.1 cm³/mol. The van der Waals surface area contributed by atoms with Gasteiger partial charge in [-0.3, -0.25) is 4.79 Å². The lowest BCUT2D eigenvalue weighted by Crippen LogP contribution is -2.22. The van der Waals surface area contributed by atoms with Gasteiger partial charge in [-0.25, -0.2) is 0 Å². The molecule has 0 bridgehead atoms. The number of carbonyl (C=O) groups is 1. The van der Waals surface area contributed by atoms with Crippen LogP contribution in [0.5, 0.6) is 0 Å². The van der Waals surface area contributed by atoms with Crippen LogP contribution in [0.1, 0.15) is 21.8 Å². The van der Waals surface area contributed by atoms with Gasteiger partial charge in [0.1, 0.15) is 11.5 Å². The summed E-state index contributed by atoms with van der Waals surface area (Å²) in [5, 5.41) is 6.47. The standard InChI is InChI=1S/C10H9ClN2O3/c1-6-4-7(13-16-6)5-12-10(14)8-2-3-15-9(8)11/h2-4H,5H2,1H3,(H,12,14). The van der Waals surface area contributed by atoms with E-state index in [2.05, 4.69) is 10.5 Å². The SMILES string of the molecule is Cc1cc(CNC(=O)c2ccoc2Cl)no1. The third-order valence-corrected chi connectivity index (χ3v) is 2.26. The highest BCUT2D eigenvalue weighted by molar-refractivity contribution is 6.32. The zero-order valence-corrected chi connectivity index (χ0v) is 9.25. The molecule has 16 heavy (non-hydrogen) atoms. The number of hydrogen-bond acceptors (Lipinski definition) is 4. The summed E-state index contributed by atoms with van der Waals surface area (Å²) in [6.07, 6.45) is 1.36. The molecule has 2 heterocycles. The first-order valence-corrected chi connectivity index (χ1v) is 4.98. The number of nitrogens with one attached hydrogen (secondary N) is 1. The molecule has 0 saturated heterocycles. The van der Waals surface area contributed by atoms with Gasteiger partial charge in [0.15, 0.2) is 0 Å². The van der Waals surface area contributed by atoms with Crippen molar-refractivity contribution in [1.29, 1.82) is 0 Å². The fraction of sp³-hybridized carbons (Fsp3) is 0.200. The fourth-order valence-corrected chi connectivity index (χ4v) is 1.42. The number of halogens is 1. The van der Waals surface area contributed by atoms with Gasteiger partial charge in [0.2, 0.25) is 5.22 Å². The number of carbonyl (C=O) groups excluding carboxylic acids is 1. The fourth-order valence-electron chi connectivity index (χ4n) is 1.22. The van der Waals surface area contributed by atoms with Crippen LogP contribution in [-0.4, -0.2) is 11.1 Å². The smallest absolute Gasteiger partial charge is 0.256 e. The molecular weight excluding hydrogens is 232 g/mol. The molecule has 1 N–H and O–H groups in total. The lowest BCUT2D eigenvalue weighted by Gasteiger charge is -1.99. The quantitative estimate of drug-likeness (QED) is 0.893. The second-order valence-corrected chi connectivity index (χ2v) is 3.56. The van der Waals surface area contributed by atoms with E-state index in [-0.39, 0.29) is 17.7 Å². The highest BCUT2D eigenvalue weighted by Gasteiger charge is 2.12. The van der Waals surface area contributed by atoms with Crippen LogP contribution >= 0.6 is 11.6 Å². The predicted octanol–water partition coefficient (Wildman–Crippen LogP) is 2.16. The molecule has 0 saturated carbocycles. The van der Waals surface area contributed by atoms with Gasteiger partial charge in [-0.2, -0.15) is 0 Å². The number of hydrogen-bond donors (Lipinski definition) is 1. The second kappa shape index (κ2) is 4.40. The summed E-state index contributed by atoms with van der Waals surface area (Å²) in [5.74, 6) is 0.394. The Hall–Kier alpha value is -1.75. The Kier molecular flexibility index (Phi) is 2.96. The van der Waals surface area contributed by atoms with Gasteiger partial charge in [-0.05, 0) is 24.6 Å². The summed E-state index contributed by atoms with van der Waals surface area (Å²) in [6, 6.07) is 3.25. The lowest BCUT2D eigenvalue weighted by atomic mass is 10.3. The molecule has 0 aliphatic heterocycles. The number of aryl methyl sites for hydroxylation is 1. The third-order valence-electron chi connectivity index (χ3n) is 1.97. The molecule has 0 aliphatic carbocycles. The highest BCUT2D eigenvalue weighted by atomic mass is 35.5. The summed E-state index contributed by atoms with van der Waals surface area (Å²) in [6.45, 7) is 2.07. The number of amides is 1. The summed E-state index contributed by atoms with van der Waals surface area (Å²) in [4.78, 5) is 11.6. The normalized spacial score (nSPS) is 10.4. The Balaban J connectivity index is 1.96. The van der Waals surface area contributed by atoms with E-state index >= 15 is 0 Å². The van der Waals surface area contributed by atoms with Gasteiger partial charge in [0.05, 0.1) is 18.4 Å². The molecule has 0 fully saturated rings. The average molecular weight is 241 g/mol. The van der Waals surface area contributed by atoms with E-state index in [0.29, 0.717) is 17.0 Å². The molecule has 84 valence electrons. The molecule has 6 heteroatoms. The van der Waals surface area contributed by atoms with Crippen LogP contribution in [-0.2, 0) is 6.54 Å². The van der Waals surface area contributed by atoms with Crippen molar-refractivity contribution in [1.82, 2.24) is 10.5 Å². The molecule has 1 amide bonds. The van der Waals surface area contributed by atoms with Crippen LogP contribution in [0.2, 0.25) is 5.22 Å². The van der Waals surface area contributed by atoms with Crippen LogP contribution in [0.4, 0.5) is 0 Å². The Morgan fingerprint density at radius 2 is 2.44 bits per heavy atom. The Morgan fingerprint density at radius 3 is 3.00 bits per heavy atom. The van der Waals surface area contributed by atoms with Crippen LogP contribution in [0, 0.1) is 6.92 Å². The first kappa shape index (κ1) is 10.8. The number of furan rings is 1. The van der Waals surface area contributed by atoms with E-state index in [1.54, 1.807) is 13.0 Å².